The molecule has 0 saturated heterocycles. The van der Waals surface area contributed by atoms with E-state index in [-0.39, 0.29) is 18.1 Å². The monoisotopic (exact) mass is 278 g/mol. The third-order valence-corrected chi connectivity index (χ3v) is 4.28. The van der Waals surface area contributed by atoms with Crippen LogP contribution in [0.15, 0.2) is 18.3 Å². The summed E-state index contributed by atoms with van der Waals surface area (Å²) in [5.74, 6) is -0.280. The van der Waals surface area contributed by atoms with Gasteiger partial charge in [-0.3, -0.25) is 4.79 Å². The van der Waals surface area contributed by atoms with E-state index in [9.17, 15) is 9.59 Å². The van der Waals surface area contributed by atoms with Crippen LogP contribution < -0.4 is 0 Å². The summed E-state index contributed by atoms with van der Waals surface area (Å²) in [5.41, 5.74) is 0.156. The standard InChI is InChI=1S/C15H22N2O3/c1-11-5-7-12(8-6-11)16(2)14(18)10-17-9-3-4-13(17)15(19)20/h3-4,9,11-12H,5-8,10H2,1-2H3,(H,19,20). The van der Waals surface area contributed by atoms with Crippen molar-refractivity contribution in [1.29, 1.82) is 0 Å². The van der Waals surface area contributed by atoms with Crippen LogP contribution in [-0.4, -0.2) is 39.5 Å². The lowest BCUT2D eigenvalue weighted by atomic mass is 9.87. The third kappa shape index (κ3) is 3.21. The molecule has 1 aromatic heterocycles. The zero-order chi connectivity index (χ0) is 14.7. The van der Waals surface area contributed by atoms with Gasteiger partial charge in [0.15, 0.2) is 0 Å². The SMILES string of the molecule is CC1CCC(N(C)C(=O)Cn2cccc2C(=O)O)CC1. The number of rotatable bonds is 4. The van der Waals surface area contributed by atoms with E-state index >= 15 is 0 Å². The van der Waals surface area contributed by atoms with Gasteiger partial charge in [-0.25, -0.2) is 4.79 Å². The quantitative estimate of drug-likeness (QED) is 0.918. The summed E-state index contributed by atoms with van der Waals surface area (Å²) in [7, 11) is 1.83. The highest BCUT2D eigenvalue weighted by atomic mass is 16.4. The molecule has 0 atom stereocenters. The van der Waals surface area contributed by atoms with Crippen LogP contribution in [-0.2, 0) is 11.3 Å². The van der Waals surface area contributed by atoms with Gasteiger partial charge in [0.1, 0.15) is 12.2 Å². The fourth-order valence-electron chi connectivity index (χ4n) is 2.84. The Kier molecular flexibility index (Phi) is 4.47. The van der Waals surface area contributed by atoms with Gasteiger partial charge in [-0.15, -0.1) is 0 Å². The van der Waals surface area contributed by atoms with Crippen LogP contribution in [0.25, 0.3) is 0 Å². The van der Waals surface area contributed by atoms with E-state index in [0.29, 0.717) is 6.04 Å². The fraction of sp³-hybridized carbons (Fsp3) is 0.600. The lowest BCUT2D eigenvalue weighted by Crippen LogP contribution is -2.41. The van der Waals surface area contributed by atoms with Gasteiger partial charge in [-0.05, 0) is 43.7 Å². The topological polar surface area (TPSA) is 62.5 Å². The minimum absolute atomic E-state index is 0.0248. The van der Waals surface area contributed by atoms with Gasteiger partial charge in [0, 0.05) is 19.3 Å². The zero-order valence-corrected chi connectivity index (χ0v) is 12.1. The van der Waals surface area contributed by atoms with Crippen molar-refractivity contribution in [1.82, 2.24) is 9.47 Å². The maximum absolute atomic E-state index is 12.3. The fourth-order valence-corrected chi connectivity index (χ4v) is 2.84. The second kappa shape index (κ2) is 6.11. The molecule has 1 fully saturated rings. The van der Waals surface area contributed by atoms with Gasteiger partial charge in [-0.1, -0.05) is 6.92 Å². The van der Waals surface area contributed by atoms with Gasteiger partial charge in [0.05, 0.1) is 0 Å². The Hall–Kier alpha value is -1.78. The van der Waals surface area contributed by atoms with Gasteiger partial charge in [-0.2, -0.15) is 0 Å². The van der Waals surface area contributed by atoms with Crippen LogP contribution in [0.5, 0.6) is 0 Å². The Bertz CT molecular complexity index is 487. The first-order chi connectivity index (χ1) is 9.49. The zero-order valence-electron chi connectivity index (χ0n) is 12.1. The molecule has 0 spiro atoms. The lowest BCUT2D eigenvalue weighted by Gasteiger charge is -2.33. The molecule has 5 nitrogen and oxygen atoms in total. The minimum Gasteiger partial charge on any atom is -0.477 e. The number of likely N-dealkylation sites (N-methyl/N-ethyl adjacent to an activating group) is 1. The number of carboxylic acids is 1. The highest BCUT2D eigenvalue weighted by Gasteiger charge is 2.25. The molecule has 1 N–H and O–H groups in total. The lowest BCUT2D eigenvalue weighted by molar-refractivity contribution is -0.133. The molecule has 110 valence electrons. The summed E-state index contributed by atoms with van der Waals surface area (Å²) in [6.45, 7) is 2.34. The molecule has 0 bridgehead atoms. The molecular formula is C15H22N2O3. The molecule has 0 aliphatic heterocycles. The summed E-state index contributed by atoms with van der Waals surface area (Å²) in [4.78, 5) is 25.1. The number of nitrogens with zero attached hydrogens (tertiary/aromatic N) is 2. The Balaban J connectivity index is 1.97. The van der Waals surface area contributed by atoms with E-state index in [0.717, 1.165) is 31.6 Å². The number of hydrogen-bond acceptors (Lipinski definition) is 2. The first-order valence-corrected chi connectivity index (χ1v) is 7.13. The Morgan fingerprint density at radius 3 is 2.60 bits per heavy atom. The molecule has 5 heteroatoms. The van der Waals surface area contributed by atoms with Crippen molar-refractivity contribution in [3.05, 3.63) is 24.0 Å². The second-order valence-corrected chi connectivity index (χ2v) is 5.74. The summed E-state index contributed by atoms with van der Waals surface area (Å²) in [5, 5.41) is 9.04. The van der Waals surface area contributed by atoms with Gasteiger partial charge >= 0.3 is 5.97 Å². The largest absolute Gasteiger partial charge is 0.477 e. The second-order valence-electron chi connectivity index (χ2n) is 5.74. The molecule has 1 saturated carbocycles. The van der Waals surface area contributed by atoms with Crippen LogP contribution in [0, 0.1) is 5.92 Å². The molecule has 20 heavy (non-hydrogen) atoms. The first kappa shape index (κ1) is 14.6. The molecule has 1 aliphatic rings. The average molecular weight is 278 g/mol. The van der Waals surface area contributed by atoms with Crippen LogP contribution >= 0.6 is 0 Å². The van der Waals surface area contributed by atoms with Gasteiger partial charge < -0.3 is 14.6 Å². The average Bonchev–Trinajstić information content (AvgIpc) is 2.87. The smallest absolute Gasteiger partial charge is 0.352 e. The Morgan fingerprint density at radius 2 is 2.00 bits per heavy atom. The van der Waals surface area contributed by atoms with Gasteiger partial charge in [0.25, 0.3) is 0 Å². The van der Waals surface area contributed by atoms with Gasteiger partial charge in [0.2, 0.25) is 5.91 Å². The van der Waals surface area contributed by atoms with Crippen molar-refractivity contribution < 1.29 is 14.7 Å². The molecule has 1 heterocycles. The van der Waals surface area contributed by atoms with Crippen molar-refractivity contribution in [3.8, 4) is 0 Å². The molecule has 1 aliphatic carbocycles. The first-order valence-electron chi connectivity index (χ1n) is 7.13. The maximum Gasteiger partial charge on any atom is 0.352 e. The molecule has 2 rings (SSSR count). The van der Waals surface area contributed by atoms with Crippen molar-refractivity contribution in [2.24, 2.45) is 5.92 Å². The number of carbonyl (C=O) groups excluding carboxylic acids is 1. The Morgan fingerprint density at radius 1 is 1.35 bits per heavy atom. The summed E-state index contributed by atoms with van der Waals surface area (Å²) in [6.07, 6.45) is 6.04. The third-order valence-electron chi connectivity index (χ3n) is 4.28. The summed E-state index contributed by atoms with van der Waals surface area (Å²) in [6, 6.07) is 3.46. The molecule has 1 aromatic rings. The normalized spacial score (nSPS) is 22.5. The van der Waals surface area contributed by atoms with E-state index in [1.54, 1.807) is 17.2 Å². The summed E-state index contributed by atoms with van der Waals surface area (Å²) < 4.78 is 1.49. The van der Waals surface area contributed by atoms with E-state index in [2.05, 4.69) is 6.92 Å². The number of carboxylic acid groups (broad SMARTS) is 1. The molecular weight excluding hydrogens is 256 g/mol. The van der Waals surface area contributed by atoms with Crippen molar-refractivity contribution in [2.75, 3.05) is 7.05 Å². The number of hydrogen-bond donors (Lipinski definition) is 1. The van der Waals surface area contributed by atoms with E-state index in [1.165, 1.54) is 10.6 Å². The summed E-state index contributed by atoms with van der Waals surface area (Å²) >= 11 is 0. The van der Waals surface area contributed by atoms with Crippen molar-refractivity contribution in [3.63, 3.8) is 0 Å². The Labute approximate surface area is 119 Å². The predicted octanol–water partition coefficient (Wildman–Crippen LogP) is 2.22. The van der Waals surface area contributed by atoms with E-state index in [1.807, 2.05) is 7.05 Å². The highest BCUT2D eigenvalue weighted by molar-refractivity contribution is 5.86. The maximum atomic E-state index is 12.3. The van der Waals surface area contributed by atoms with Crippen LogP contribution in [0.3, 0.4) is 0 Å². The highest BCUT2D eigenvalue weighted by Crippen LogP contribution is 2.26. The molecule has 0 unspecified atom stereocenters. The van der Waals surface area contributed by atoms with Crippen LogP contribution in [0.1, 0.15) is 43.1 Å². The van der Waals surface area contributed by atoms with E-state index in [4.69, 9.17) is 5.11 Å². The predicted molar refractivity (Wildman–Crippen MR) is 75.6 cm³/mol. The number of aromatic carboxylic acids is 1. The number of amides is 1. The molecule has 1 amide bonds. The molecule has 0 aromatic carbocycles. The van der Waals surface area contributed by atoms with Crippen LogP contribution in [0.4, 0.5) is 0 Å². The number of aromatic nitrogens is 1. The molecule has 0 radical (unpaired) electrons. The minimum atomic E-state index is -1.00. The van der Waals surface area contributed by atoms with Crippen molar-refractivity contribution in [2.45, 2.75) is 45.2 Å². The van der Waals surface area contributed by atoms with Crippen LogP contribution in [0.2, 0.25) is 0 Å². The number of carbonyl (C=O) groups is 2. The van der Waals surface area contributed by atoms with Crippen molar-refractivity contribution >= 4 is 11.9 Å². The van der Waals surface area contributed by atoms with E-state index < -0.39 is 5.97 Å².